The van der Waals surface area contributed by atoms with Crippen molar-refractivity contribution in [2.75, 3.05) is 6.54 Å². The van der Waals surface area contributed by atoms with E-state index in [1.54, 1.807) is 0 Å². The van der Waals surface area contributed by atoms with E-state index >= 15 is 0 Å². The molecule has 2 aromatic carbocycles. The van der Waals surface area contributed by atoms with Gasteiger partial charge in [-0.1, -0.05) is 60.7 Å². The van der Waals surface area contributed by atoms with E-state index in [4.69, 9.17) is 0 Å². The number of fused-ring (bicyclic) bond motifs is 1. The second kappa shape index (κ2) is 5.73. The average Bonchev–Trinajstić information content (AvgIpc) is 3.00. The van der Waals surface area contributed by atoms with Gasteiger partial charge in [-0.05, 0) is 5.56 Å². The lowest BCUT2D eigenvalue weighted by Crippen LogP contribution is -2.33. The van der Waals surface area contributed by atoms with Crippen molar-refractivity contribution in [3.63, 3.8) is 0 Å². The van der Waals surface area contributed by atoms with E-state index in [0.29, 0.717) is 0 Å². The van der Waals surface area contributed by atoms with Crippen LogP contribution in [0.4, 0.5) is 0 Å². The molecular formula is C18H18N4. The normalized spacial score (nSPS) is 14.7. The maximum atomic E-state index is 4.40. The summed E-state index contributed by atoms with van der Waals surface area (Å²) in [6.45, 7) is 3.79. The Morgan fingerprint density at radius 3 is 2.32 bits per heavy atom. The maximum absolute atomic E-state index is 4.40. The molecule has 0 saturated carbocycles. The minimum absolute atomic E-state index is 0.856. The highest BCUT2D eigenvalue weighted by molar-refractivity contribution is 5.55. The Labute approximate surface area is 130 Å². The van der Waals surface area contributed by atoms with Crippen LogP contribution in [0.2, 0.25) is 0 Å². The molecule has 4 rings (SSSR count). The van der Waals surface area contributed by atoms with Gasteiger partial charge in [0.25, 0.3) is 0 Å². The Morgan fingerprint density at radius 2 is 1.55 bits per heavy atom. The standard InChI is InChI=1S/C18H18N4/c1-3-7-15(8-4-1)13-21-11-12-22-17(14-21)19-20-18(22)16-9-5-2-6-10-16/h1-10H,11-14H2. The van der Waals surface area contributed by atoms with Crippen LogP contribution in [-0.4, -0.2) is 26.2 Å². The Morgan fingerprint density at radius 1 is 0.818 bits per heavy atom. The van der Waals surface area contributed by atoms with Gasteiger partial charge in [-0.2, -0.15) is 0 Å². The quantitative estimate of drug-likeness (QED) is 0.743. The lowest BCUT2D eigenvalue weighted by atomic mass is 10.2. The van der Waals surface area contributed by atoms with Crippen molar-refractivity contribution in [3.8, 4) is 11.4 Å². The molecule has 4 nitrogen and oxygen atoms in total. The van der Waals surface area contributed by atoms with Crippen LogP contribution in [0.3, 0.4) is 0 Å². The molecule has 0 radical (unpaired) electrons. The molecular weight excluding hydrogens is 272 g/mol. The molecule has 110 valence electrons. The molecule has 3 aromatic rings. The minimum Gasteiger partial charge on any atom is -0.309 e. The van der Waals surface area contributed by atoms with Crippen molar-refractivity contribution < 1.29 is 0 Å². The van der Waals surface area contributed by atoms with E-state index in [0.717, 1.165) is 43.4 Å². The molecule has 4 heteroatoms. The van der Waals surface area contributed by atoms with Crippen LogP contribution in [0.25, 0.3) is 11.4 Å². The fourth-order valence-corrected chi connectivity index (χ4v) is 2.99. The number of rotatable bonds is 3. The lowest BCUT2D eigenvalue weighted by Gasteiger charge is -2.27. The molecule has 0 aliphatic carbocycles. The summed E-state index contributed by atoms with van der Waals surface area (Å²) >= 11 is 0. The van der Waals surface area contributed by atoms with Gasteiger partial charge in [-0.3, -0.25) is 4.90 Å². The van der Waals surface area contributed by atoms with E-state index in [1.807, 2.05) is 18.2 Å². The van der Waals surface area contributed by atoms with Gasteiger partial charge in [0.1, 0.15) is 5.82 Å². The molecule has 0 unspecified atom stereocenters. The van der Waals surface area contributed by atoms with Crippen LogP contribution < -0.4 is 0 Å². The lowest BCUT2D eigenvalue weighted by molar-refractivity contribution is 0.209. The predicted molar refractivity (Wildman–Crippen MR) is 86.0 cm³/mol. The van der Waals surface area contributed by atoms with E-state index in [1.165, 1.54) is 5.56 Å². The summed E-state index contributed by atoms with van der Waals surface area (Å²) in [6.07, 6.45) is 0. The second-order valence-electron chi connectivity index (χ2n) is 5.65. The Bertz CT molecular complexity index is 749. The molecule has 1 aromatic heterocycles. The number of hydrogen-bond acceptors (Lipinski definition) is 3. The number of nitrogens with zero attached hydrogens (tertiary/aromatic N) is 4. The predicted octanol–water partition coefficient (Wildman–Crippen LogP) is 2.96. The van der Waals surface area contributed by atoms with Crippen molar-refractivity contribution >= 4 is 0 Å². The highest BCUT2D eigenvalue weighted by Crippen LogP contribution is 2.22. The van der Waals surface area contributed by atoms with Crippen molar-refractivity contribution in [3.05, 3.63) is 72.1 Å². The molecule has 0 N–H and O–H groups in total. The Hall–Kier alpha value is -2.46. The highest BCUT2D eigenvalue weighted by Gasteiger charge is 2.21. The van der Waals surface area contributed by atoms with Crippen LogP contribution in [0.5, 0.6) is 0 Å². The molecule has 0 fully saturated rings. The van der Waals surface area contributed by atoms with Crippen molar-refractivity contribution in [1.82, 2.24) is 19.7 Å². The summed E-state index contributed by atoms with van der Waals surface area (Å²) in [7, 11) is 0. The number of hydrogen-bond donors (Lipinski definition) is 0. The molecule has 0 spiro atoms. The summed E-state index contributed by atoms with van der Waals surface area (Å²) in [6, 6.07) is 20.9. The van der Waals surface area contributed by atoms with Gasteiger partial charge in [-0.15, -0.1) is 10.2 Å². The largest absolute Gasteiger partial charge is 0.309 e. The molecule has 0 saturated heterocycles. The zero-order valence-electron chi connectivity index (χ0n) is 12.4. The first-order valence-corrected chi connectivity index (χ1v) is 7.64. The Kier molecular flexibility index (Phi) is 3.45. The van der Waals surface area contributed by atoms with Crippen LogP contribution in [0.15, 0.2) is 60.7 Å². The van der Waals surface area contributed by atoms with Gasteiger partial charge in [0.15, 0.2) is 5.82 Å². The van der Waals surface area contributed by atoms with Gasteiger partial charge >= 0.3 is 0 Å². The smallest absolute Gasteiger partial charge is 0.164 e. The van der Waals surface area contributed by atoms with Crippen LogP contribution in [0, 0.1) is 0 Å². The van der Waals surface area contributed by atoms with E-state index in [-0.39, 0.29) is 0 Å². The SMILES string of the molecule is c1ccc(CN2CCn3c(nnc3-c3ccccc3)C2)cc1. The summed E-state index contributed by atoms with van der Waals surface area (Å²) in [5.74, 6) is 2.04. The third-order valence-corrected chi connectivity index (χ3v) is 4.11. The van der Waals surface area contributed by atoms with Gasteiger partial charge in [0, 0.05) is 25.2 Å². The molecule has 22 heavy (non-hydrogen) atoms. The van der Waals surface area contributed by atoms with Gasteiger partial charge in [0.2, 0.25) is 0 Å². The van der Waals surface area contributed by atoms with E-state index in [2.05, 4.69) is 62.1 Å². The monoisotopic (exact) mass is 290 g/mol. The third kappa shape index (κ3) is 2.53. The van der Waals surface area contributed by atoms with Crippen LogP contribution in [0.1, 0.15) is 11.4 Å². The van der Waals surface area contributed by atoms with E-state index in [9.17, 15) is 0 Å². The molecule has 0 amide bonds. The summed E-state index contributed by atoms with van der Waals surface area (Å²) in [5.41, 5.74) is 2.48. The van der Waals surface area contributed by atoms with Crippen molar-refractivity contribution in [2.45, 2.75) is 19.6 Å². The number of aromatic nitrogens is 3. The zero-order valence-corrected chi connectivity index (χ0v) is 12.4. The topological polar surface area (TPSA) is 34.0 Å². The summed E-state index contributed by atoms with van der Waals surface area (Å²) in [5, 5.41) is 8.79. The first kappa shape index (κ1) is 13.2. The molecule has 0 atom stereocenters. The van der Waals surface area contributed by atoms with Crippen molar-refractivity contribution in [2.24, 2.45) is 0 Å². The van der Waals surface area contributed by atoms with Gasteiger partial charge < -0.3 is 4.57 Å². The number of benzene rings is 2. The zero-order chi connectivity index (χ0) is 14.8. The highest BCUT2D eigenvalue weighted by atomic mass is 15.3. The molecule has 2 heterocycles. The minimum atomic E-state index is 0.856. The molecule has 1 aliphatic rings. The van der Waals surface area contributed by atoms with Gasteiger partial charge in [-0.25, -0.2) is 0 Å². The third-order valence-electron chi connectivity index (χ3n) is 4.11. The summed E-state index contributed by atoms with van der Waals surface area (Å²) < 4.78 is 2.25. The molecule has 0 bridgehead atoms. The van der Waals surface area contributed by atoms with E-state index < -0.39 is 0 Å². The fraction of sp³-hybridized carbons (Fsp3) is 0.222. The maximum Gasteiger partial charge on any atom is 0.164 e. The van der Waals surface area contributed by atoms with Crippen LogP contribution in [-0.2, 0) is 19.6 Å². The average molecular weight is 290 g/mol. The first-order chi connectivity index (χ1) is 10.9. The summed E-state index contributed by atoms with van der Waals surface area (Å²) in [4.78, 5) is 2.42. The fourth-order valence-electron chi connectivity index (χ4n) is 2.99. The second-order valence-corrected chi connectivity index (χ2v) is 5.65. The molecule has 1 aliphatic heterocycles. The first-order valence-electron chi connectivity index (χ1n) is 7.64. The van der Waals surface area contributed by atoms with Gasteiger partial charge in [0.05, 0.1) is 6.54 Å². The van der Waals surface area contributed by atoms with Crippen molar-refractivity contribution in [1.29, 1.82) is 0 Å². The van der Waals surface area contributed by atoms with Crippen LogP contribution >= 0.6 is 0 Å². The Balaban J connectivity index is 1.54.